The molecular formula is C41H47F3N7O2PS. The molecule has 9 nitrogen and oxygen atoms in total. The molecule has 1 saturated heterocycles. The largest absolute Gasteiger partial charge is 0.393 e. The van der Waals surface area contributed by atoms with E-state index in [0.29, 0.717) is 45.7 Å². The standard InChI is InChI=1S/C41H47F3N7O2PS/c1-7-38(52)49-35-10-8-28(18-37(35)54(53,25(2)3)26(4)5)12-17-51-31(22-45)19-33-27(6)29(9-11-36(33)51)23-50-15-13-30(14-16-50)48-39-34-20-32(21-41(42,43)44)55-40(34)47-24-46-39/h7-11,18-20,24-26,30H,1,12-17,21,23H2,2-6H3,(H,49,52)(H,46,47,48). The number of thiophene rings is 1. The van der Waals surface area contributed by atoms with Crippen LogP contribution in [0.25, 0.3) is 21.1 Å². The van der Waals surface area contributed by atoms with Gasteiger partial charge < -0.3 is 19.8 Å². The predicted octanol–water partition coefficient (Wildman–Crippen LogP) is 9.18. The van der Waals surface area contributed by atoms with Crippen molar-refractivity contribution in [3.8, 4) is 6.07 Å². The molecule has 1 aliphatic heterocycles. The Kier molecular flexibility index (Phi) is 11.9. The summed E-state index contributed by atoms with van der Waals surface area (Å²) in [6.07, 6.45) is -0.334. The van der Waals surface area contributed by atoms with Crippen molar-refractivity contribution in [2.24, 2.45) is 0 Å². The van der Waals surface area contributed by atoms with Crippen LogP contribution in [0.2, 0.25) is 0 Å². The van der Waals surface area contributed by atoms with E-state index in [1.807, 2.05) is 56.5 Å². The number of aryl methyl sites for hydroxylation is 3. The van der Waals surface area contributed by atoms with Gasteiger partial charge in [0.25, 0.3) is 0 Å². The maximum absolute atomic E-state index is 14.5. The number of halogens is 3. The summed E-state index contributed by atoms with van der Waals surface area (Å²) in [5, 5.41) is 18.8. The molecular weight excluding hydrogens is 743 g/mol. The lowest BCUT2D eigenvalue weighted by atomic mass is 10.0. The Hall–Kier alpha value is -4.50. The number of likely N-dealkylation sites (tertiary alicyclic amines) is 1. The molecule has 0 radical (unpaired) electrons. The molecule has 2 aromatic carbocycles. The number of benzene rings is 2. The highest BCUT2D eigenvalue weighted by molar-refractivity contribution is 7.73. The van der Waals surface area contributed by atoms with Gasteiger partial charge in [-0.25, -0.2) is 9.97 Å². The summed E-state index contributed by atoms with van der Waals surface area (Å²) in [6.45, 7) is 16.5. The molecule has 1 aliphatic rings. The van der Waals surface area contributed by atoms with Crippen LogP contribution in [0.5, 0.6) is 0 Å². The number of nitrogens with one attached hydrogen (secondary N) is 2. The molecule has 0 aliphatic carbocycles. The zero-order valence-corrected chi connectivity index (χ0v) is 33.5. The van der Waals surface area contributed by atoms with Crippen LogP contribution in [-0.2, 0) is 35.3 Å². The summed E-state index contributed by atoms with van der Waals surface area (Å²) in [5.41, 5.74) is 5.14. The van der Waals surface area contributed by atoms with Crippen molar-refractivity contribution >= 4 is 62.3 Å². The summed E-state index contributed by atoms with van der Waals surface area (Å²) in [5.74, 6) is 0.222. The van der Waals surface area contributed by atoms with Gasteiger partial charge in [0.15, 0.2) is 0 Å². The smallest absolute Gasteiger partial charge is 0.367 e. The molecule has 3 aromatic heterocycles. The molecule has 0 atom stereocenters. The van der Waals surface area contributed by atoms with Gasteiger partial charge in [-0.15, -0.1) is 11.3 Å². The number of aromatic nitrogens is 3. The first-order chi connectivity index (χ1) is 26.1. The lowest BCUT2D eigenvalue weighted by Gasteiger charge is -2.33. The van der Waals surface area contributed by atoms with Gasteiger partial charge in [0, 0.05) is 64.6 Å². The number of carbonyl (C=O) groups excluding carboxylic acids is 1. The van der Waals surface area contributed by atoms with E-state index >= 15 is 0 Å². The number of amides is 1. The predicted molar refractivity (Wildman–Crippen MR) is 217 cm³/mol. The summed E-state index contributed by atoms with van der Waals surface area (Å²) in [4.78, 5) is 24.0. The molecule has 6 rings (SSSR count). The summed E-state index contributed by atoms with van der Waals surface area (Å²) >= 11 is 1.05. The van der Waals surface area contributed by atoms with Crippen LogP contribution in [0.4, 0.5) is 24.7 Å². The number of hydrogen-bond acceptors (Lipinski definition) is 8. The van der Waals surface area contributed by atoms with Crippen molar-refractivity contribution < 1.29 is 22.5 Å². The fraction of sp³-hybridized carbons (Fsp3) is 0.415. The quantitative estimate of drug-likeness (QED) is 0.0903. The maximum Gasteiger partial charge on any atom is 0.393 e. The number of nitriles is 1. The molecule has 2 N–H and O–H groups in total. The number of rotatable bonds is 13. The molecule has 4 heterocycles. The Balaban J connectivity index is 1.14. The van der Waals surface area contributed by atoms with Gasteiger partial charge in [-0.05, 0) is 79.3 Å². The van der Waals surface area contributed by atoms with Crippen molar-refractivity contribution in [1.29, 1.82) is 5.26 Å². The van der Waals surface area contributed by atoms with E-state index in [0.717, 1.165) is 65.8 Å². The molecule has 0 spiro atoms. The normalized spacial score (nSPS) is 14.6. The highest BCUT2D eigenvalue weighted by Crippen LogP contribution is 2.55. The number of fused-ring (bicyclic) bond motifs is 2. The van der Waals surface area contributed by atoms with Crippen LogP contribution in [-0.4, -0.2) is 62.0 Å². The molecule has 290 valence electrons. The van der Waals surface area contributed by atoms with E-state index in [-0.39, 0.29) is 28.1 Å². The number of anilines is 2. The molecule has 1 amide bonds. The molecule has 55 heavy (non-hydrogen) atoms. The van der Waals surface area contributed by atoms with E-state index in [4.69, 9.17) is 0 Å². The first-order valence-corrected chi connectivity index (χ1v) is 21.2. The second-order valence-electron chi connectivity index (χ2n) is 14.9. The Morgan fingerprint density at radius 1 is 1.09 bits per heavy atom. The number of hydrogen-bond donors (Lipinski definition) is 2. The fourth-order valence-corrected chi connectivity index (χ4v) is 11.9. The SMILES string of the molecule is C=CC(=O)Nc1ccc(CCn2c(C#N)cc3c(C)c(CN4CCC(Nc5ncnc6sc(CC(F)(F)F)cc56)CC4)ccc32)cc1P(=O)(C(C)C)C(C)C. The average molecular weight is 790 g/mol. The Bertz CT molecular complexity index is 2300. The van der Waals surface area contributed by atoms with Crippen molar-refractivity contribution in [2.45, 2.75) is 96.9 Å². The molecule has 0 saturated carbocycles. The minimum absolute atomic E-state index is 0.117. The Labute approximate surface area is 324 Å². The zero-order chi connectivity index (χ0) is 39.7. The molecule has 0 bridgehead atoms. The Morgan fingerprint density at radius 3 is 2.47 bits per heavy atom. The van der Waals surface area contributed by atoms with Crippen molar-refractivity contribution in [3.05, 3.63) is 88.7 Å². The second kappa shape index (κ2) is 16.3. The summed E-state index contributed by atoms with van der Waals surface area (Å²) in [6, 6.07) is 16.0. The minimum atomic E-state index is -4.28. The van der Waals surface area contributed by atoms with Crippen molar-refractivity contribution in [2.75, 3.05) is 23.7 Å². The van der Waals surface area contributed by atoms with Crippen LogP contribution in [0.3, 0.4) is 0 Å². The topological polar surface area (TPSA) is 116 Å². The Morgan fingerprint density at radius 2 is 1.82 bits per heavy atom. The number of piperidine rings is 1. The number of carbonyl (C=O) groups is 1. The van der Waals surface area contributed by atoms with E-state index in [9.17, 15) is 27.8 Å². The van der Waals surface area contributed by atoms with Gasteiger partial charge in [0.05, 0.1) is 17.5 Å². The van der Waals surface area contributed by atoms with E-state index < -0.39 is 19.7 Å². The van der Waals surface area contributed by atoms with Crippen LogP contribution in [0.1, 0.15) is 67.8 Å². The number of nitrogens with zero attached hydrogens (tertiary/aromatic N) is 5. The van der Waals surface area contributed by atoms with Gasteiger partial charge in [0.2, 0.25) is 5.91 Å². The van der Waals surface area contributed by atoms with Crippen molar-refractivity contribution in [1.82, 2.24) is 19.4 Å². The van der Waals surface area contributed by atoms with E-state index in [2.05, 4.69) is 57.2 Å². The minimum Gasteiger partial charge on any atom is -0.367 e. The van der Waals surface area contributed by atoms with Crippen LogP contribution in [0, 0.1) is 18.3 Å². The van der Waals surface area contributed by atoms with Gasteiger partial charge >= 0.3 is 6.18 Å². The van der Waals surface area contributed by atoms with Crippen LogP contribution >= 0.6 is 18.5 Å². The average Bonchev–Trinajstić information content (AvgIpc) is 3.72. The lowest BCUT2D eigenvalue weighted by Crippen LogP contribution is -2.39. The molecule has 14 heteroatoms. The highest BCUT2D eigenvalue weighted by atomic mass is 32.1. The first-order valence-electron chi connectivity index (χ1n) is 18.6. The van der Waals surface area contributed by atoms with Gasteiger partial charge in [0.1, 0.15) is 35.9 Å². The van der Waals surface area contributed by atoms with Gasteiger partial charge in [-0.3, -0.25) is 9.69 Å². The van der Waals surface area contributed by atoms with Crippen molar-refractivity contribution in [3.63, 3.8) is 0 Å². The zero-order valence-electron chi connectivity index (χ0n) is 31.8. The van der Waals surface area contributed by atoms with Gasteiger partial charge in [-0.2, -0.15) is 18.4 Å². The van der Waals surface area contributed by atoms with E-state index in [1.165, 1.54) is 18.0 Å². The second-order valence-corrected chi connectivity index (χ2v) is 20.0. The third-order valence-corrected chi connectivity index (χ3v) is 15.9. The fourth-order valence-electron chi connectivity index (χ4n) is 7.71. The van der Waals surface area contributed by atoms with Crippen LogP contribution < -0.4 is 15.9 Å². The summed E-state index contributed by atoms with van der Waals surface area (Å²) < 4.78 is 55.5. The molecule has 5 aromatic rings. The molecule has 0 unspecified atom stereocenters. The summed E-state index contributed by atoms with van der Waals surface area (Å²) in [7, 11) is -2.90. The van der Waals surface area contributed by atoms with E-state index in [1.54, 1.807) is 6.07 Å². The third-order valence-electron chi connectivity index (χ3n) is 10.7. The number of alkyl halides is 3. The first kappa shape index (κ1) is 40.2. The van der Waals surface area contributed by atoms with Crippen LogP contribution in [0.15, 0.2) is 61.4 Å². The van der Waals surface area contributed by atoms with Gasteiger partial charge in [-0.1, -0.05) is 46.4 Å². The maximum atomic E-state index is 14.5. The molecule has 1 fully saturated rings. The highest BCUT2D eigenvalue weighted by Gasteiger charge is 2.35. The third kappa shape index (κ3) is 8.67. The monoisotopic (exact) mass is 789 g/mol. The lowest BCUT2D eigenvalue weighted by molar-refractivity contribution is -0.126.